The fourth-order valence-electron chi connectivity index (χ4n) is 2.52. The van der Waals surface area contributed by atoms with E-state index >= 15 is 0 Å². The van der Waals surface area contributed by atoms with E-state index in [1.807, 2.05) is 73.3 Å². The Morgan fingerprint density at radius 1 is 1.04 bits per heavy atom. The van der Waals surface area contributed by atoms with Crippen LogP contribution in [0.1, 0.15) is 21.7 Å². The van der Waals surface area contributed by atoms with Crippen LogP contribution in [0, 0.1) is 13.8 Å². The lowest BCUT2D eigenvalue weighted by molar-refractivity contribution is 0.0955. The molecular formula is C19H21N5O. The number of hydrogen-bond donors (Lipinski definition) is 2. The van der Waals surface area contributed by atoms with Crippen LogP contribution in [-0.4, -0.2) is 33.5 Å². The third kappa shape index (κ3) is 4.44. The van der Waals surface area contributed by atoms with Crippen LogP contribution in [0.15, 0.2) is 54.9 Å². The van der Waals surface area contributed by atoms with Gasteiger partial charge in [-0.2, -0.15) is 0 Å². The van der Waals surface area contributed by atoms with Crippen LogP contribution in [0.4, 0.5) is 5.82 Å². The monoisotopic (exact) mass is 335 g/mol. The molecule has 0 unspecified atom stereocenters. The molecule has 1 amide bonds. The van der Waals surface area contributed by atoms with Gasteiger partial charge >= 0.3 is 0 Å². The fraction of sp³-hybridized carbons (Fsp3) is 0.211. The predicted molar refractivity (Wildman–Crippen MR) is 98.1 cm³/mol. The molecule has 6 heteroatoms. The number of hydrogen-bond acceptors (Lipinski definition) is 4. The molecular weight excluding hydrogens is 314 g/mol. The first-order valence-electron chi connectivity index (χ1n) is 8.19. The average molecular weight is 335 g/mol. The molecule has 0 saturated heterocycles. The van der Waals surface area contributed by atoms with Crippen molar-refractivity contribution >= 4 is 11.7 Å². The van der Waals surface area contributed by atoms with E-state index in [1.165, 1.54) is 0 Å². The number of aromatic nitrogens is 3. The molecule has 0 bridgehead atoms. The molecule has 2 N–H and O–H groups in total. The summed E-state index contributed by atoms with van der Waals surface area (Å²) in [5, 5.41) is 6.13. The lowest BCUT2D eigenvalue weighted by Gasteiger charge is -2.10. The van der Waals surface area contributed by atoms with E-state index in [1.54, 1.807) is 0 Å². The molecule has 1 aromatic carbocycles. The SMILES string of the molecule is Cc1cccc(C(=O)NCCNc2cc(-n3cccc3)nc(C)n2)c1. The van der Waals surface area contributed by atoms with E-state index in [-0.39, 0.29) is 5.91 Å². The Labute approximate surface area is 146 Å². The van der Waals surface area contributed by atoms with Crippen molar-refractivity contribution < 1.29 is 4.79 Å². The van der Waals surface area contributed by atoms with Crippen molar-refractivity contribution in [2.75, 3.05) is 18.4 Å². The Bertz CT molecular complexity index is 858. The number of carbonyl (C=O) groups is 1. The number of anilines is 1. The third-order valence-corrected chi connectivity index (χ3v) is 3.69. The lowest BCUT2D eigenvalue weighted by Crippen LogP contribution is -2.29. The van der Waals surface area contributed by atoms with Crippen LogP contribution >= 0.6 is 0 Å². The summed E-state index contributed by atoms with van der Waals surface area (Å²) in [6, 6.07) is 13.3. The summed E-state index contributed by atoms with van der Waals surface area (Å²) >= 11 is 0. The molecule has 0 atom stereocenters. The number of carbonyl (C=O) groups excluding carboxylic acids is 1. The van der Waals surface area contributed by atoms with E-state index in [4.69, 9.17) is 0 Å². The van der Waals surface area contributed by atoms with Gasteiger partial charge in [-0.15, -0.1) is 0 Å². The maximum atomic E-state index is 12.1. The van der Waals surface area contributed by atoms with Gasteiger partial charge in [0.05, 0.1) is 0 Å². The molecule has 0 radical (unpaired) electrons. The summed E-state index contributed by atoms with van der Waals surface area (Å²) in [5.41, 5.74) is 1.74. The standard InChI is InChI=1S/C19H21N5O/c1-14-6-5-7-16(12-14)19(25)21-9-8-20-17-13-18(23-15(2)22-17)24-10-3-4-11-24/h3-7,10-13H,8-9H2,1-2H3,(H,21,25)(H,20,22,23). The highest BCUT2D eigenvalue weighted by Crippen LogP contribution is 2.11. The van der Waals surface area contributed by atoms with Crippen molar-refractivity contribution in [3.05, 3.63) is 71.8 Å². The van der Waals surface area contributed by atoms with Gasteiger partial charge in [0.1, 0.15) is 17.5 Å². The third-order valence-electron chi connectivity index (χ3n) is 3.69. The zero-order chi connectivity index (χ0) is 17.6. The summed E-state index contributed by atoms with van der Waals surface area (Å²) in [7, 11) is 0. The Morgan fingerprint density at radius 2 is 1.84 bits per heavy atom. The number of amides is 1. The topological polar surface area (TPSA) is 71.8 Å². The van der Waals surface area contributed by atoms with E-state index in [2.05, 4.69) is 20.6 Å². The minimum atomic E-state index is -0.0719. The van der Waals surface area contributed by atoms with E-state index in [0.717, 1.165) is 17.2 Å². The summed E-state index contributed by atoms with van der Waals surface area (Å²) in [4.78, 5) is 20.9. The van der Waals surface area contributed by atoms with Crippen LogP contribution < -0.4 is 10.6 Å². The molecule has 25 heavy (non-hydrogen) atoms. The molecule has 3 rings (SSSR count). The van der Waals surface area contributed by atoms with Crippen molar-refractivity contribution in [2.45, 2.75) is 13.8 Å². The van der Waals surface area contributed by atoms with Gasteiger partial charge in [-0.25, -0.2) is 9.97 Å². The smallest absolute Gasteiger partial charge is 0.251 e. The van der Waals surface area contributed by atoms with Gasteiger partial charge in [0, 0.05) is 37.1 Å². The van der Waals surface area contributed by atoms with Crippen LogP contribution in [0.25, 0.3) is 5.82 Å². The average Bonchev–Trinajstić information content (AvgIpc) is 3.13. The van der Waals surface area contributed by atoms with E-state index < -0.39 is 0 Å². The maximum Gasteiger partial charge on any atom is 0.251 e. The van der Waals surface area contributed by atoms with Crippen molar-refractivity contribution in [2.24, 2.45) is 0 Å². The first-order chi connectivity index (χ1) is 12.1. The Kier molecular flexibility index (Phi) is 5.09. The van der Waals surface area contributed by atoms with Crippen LogP contribution in [0.2, 0.25) is 0 Å². The van der Waals surface area contributed by atoms with Crippen LogP contribution in [0.5, 0.6) is 0 Å². The van der Waals surface area contributed by atoms with Gasteiger partial charge < -0.3 is 15.2 Å². The second-order valence-corrected chi connectivity index (χ2v) is 5.80. The summed E-state index contributed by atoms with van der Waals surface area (Å²) in [5.74, 6) is 2.17. The van der Waals surface area contributed by atoms with Crippen molar-refractivity contribution in [1.29, 1.82) is 0 Å². The molecule has 0 saturated carbocycles. The highest BCUT2D eigenvalue weighted by Gasteiger charge is 2.05. The van der Waals surface area contributed by atoms with Crippen molar-refractivity contribution in [3.63, 3.8) is 0 Å². The van der Waals surface area contributed by atoms with Crippen molar-refractivity contribution in [1.82, 2.24) is 19.9 Å². The Hall–Kier alpha value is -3.15. The van der Waals surface area contributed by atoms with Crippen LogP contribution in [0.3, 0.4) is 0 Å². The molecule has 2 heterocycles. The molecule has 3 aromatic rings. The zero-order valence-electron chi connectivity index (χ0n) is 14.4. The molecule has 6 nitrogen and oxygen atoms in total. The molecule has 0 aliphatic carbocycles. The maximum absolute atomic E-state index is 12.1. The number of aryl methyl sites for hydroxylation is 2. The fourth-order valence-corrected chi connectivity index (χ4v) is 2.52. The van der Waals surface area contributed by atoms with Gasteiger partial charge in [-0.05, 0) is 38.1 Å². The number of benzene rings is 1. The highest BCUT2D eigenvalue weighted by atomic mass is 16.1. The quantitative estimate of drug-likeness (QED) is 0.680. The van der Waals surface area contributed by atoms with Crippen molar-refractivity contribution in [3.8, 4) is 5.82 Å². The normalized spacial score (nSPS) is 10.5. The van der Waals surface area contributed by atoms with Gasteiger partial charge in [0.15, 0.2) is 0 Å². The largest absolute Gasteiger partial charge is 0.368 e. The van der Waals surface area contributed by atoms with Gasteiger partial charge in [-0.3, -0.25) is 4.79 Å². The van der Waals surface area contributed by atoms with Gasteiger partial charge in [0.25, 0.3) is 5.91 Å². The molecule has 0 aliphatic heterocycles. The molecule has 0 aliphatic rings. The molecule has 0 spiro atoms. The summed E-state index contributed by atoms with van der Waals surface area (Å²) < 4.78 is 1.93. The highest BCUT2D eigenvalue weighted by molar-refractivity contribution is 5.94. The minimum Gasteiger partial charge on any atom is -0.368 e. The van der Waals surface area contributed by atoms with Gasteiger partial charge in [0.2, 0.25) is 0 Å². The summed E-state index contributed by atoms with van der Waals surface area (Å²) in [6.07, 6.45) is 3.88. The predicted octanol–water partition coefficient (Wildman–Crippen LogP) is 2.73. The molecule has 2 aromatic heterocycles. The number of nitrogens with zero attached hydrogens (tertiary/aromatic N) is 3. The minimum absolute atomic E-state index is 0.0719. The zero-order valence-corrected chi connectivity index (χ0v) is 14.4. The number of rotatable bonds is 6. The van der Waals surface area contributed by atoms with E-state index in [0.29, 0.717) is 24.5 Å². The second kappa shape index (κ2) is 7.61. The lowest BCUT2D eigenvalue weighted by atomic mass is 10.1. The van der Waals surface area contributed by atoms with Gasteiger partial charge in [-0.1, -0.05) is 17.7 Å². The Morgan fingerprint density at radius 3 is 2.60 bits per heavy atom. The molecule has 0 fully saturated rings. The Balaban J connectivity index is 1.55. The first-order valence-corrected chi connectivity index (χ1v) is 8.19. The first kappa shape index (κ1) is 16.7. The molecule has 128 valence electrons. The second-order valence-electron chi connectivity index (χ2n) is 5.80. The number of nitrogens with one attached hydrogen (secondary N) is 2. The summed E-state index contributed by atoms with van der Waals surface area (Å²) in [6.45, 7) is 4.92. The van der Waals surface area contributed by atoms with E-state index in [9.17, 15) is 4.79 Å². The van der Waals surface area contributed by atoms with Crippen LogP contribution in [-0.2, 0) is 0 Å².